The van der Waals surface area contributed by atoms with Crippen LogP contribution in [0.25, 0.3) is 0 Å². The molecule has 0 aromatic heterocycles. The number of carboxylic acids is 1. The van der Waals surface area contributed by atoms with Crippen molar-refractivity contribution < 1.29 is 32.3 Å². The molecule has 0 fully saturated rings. The summed E-state index contributed by atoms with van der Waals surface area (Å²) < 4.78 is 0. The smallest absolute Gasteiger partial charge is 0.550 e. The number of hydrogen-bond acceptors (Lipinski definition) is 3. The minimum Gasteiger partial charge on any atom is -0.550 e. The molecule has 0 aliphatic heterocycles. The van der Waals surface area contributed by atoms with Crippen LogP contribution in [0.2, 0.25) is 0 Å². The fourth-order valence-electron chi connectivity index (χ4n) is 1.58. The van der Waals surface area contributed by atoms with Crippen LogP contribution in [0.5, 0.6) is 0 Å². The zero-order valence-electron chi connectivity index (χ0n) is 10.4. The van der Waals surface area contributed by atoms with E-state index in [4.69, 9.17) is 0 Å². The van der Waals surface area contributed by atoms with Crippen LogP contribution >= 0.6 is 0 Å². The van der Waals surface area contributed by atoms with Crippen molar-refractivity contribution in [2.24, 2.45) is 0 Å². The summed E-state index contributed by atoms with van der Waals surface area (Å²) in [4.78, 5) is 10.1. The molecular formula is C12H26AgNO2. The molecule has 0 saturated heterocycles. The Bertz CT molecular complexity index is 143. The van der Waals surface area contributed by atoms with Gasteiger partial charge in [0.1, 0.15) is 0 Å². The van der Waals surface area contributed by atoms with Gasteiger partial charge in [-0.05, 0) is 12.8 Å². The van der Waals surface area contributed by atoms with E-state index in [0.29, 0.717) is 0 Å². The van der Waals surface area contributed by atoms with E-state index in [9.17, 15) is 9.90 Å². The summed E-state index contributed by atoms with van der Waals surface area (Å²) in [6, 6.07) is 0. The Morgan fingerprint density at radius 3 is 1.62 bits per heavy atom. The van der Waals surface area contributed by atoms with Gasteiger partial charge in [-0.25, -0.2) is 0 Å². The van der Waals surface area contributed by atoms with Crippen LogP contribution in [0.4, 0.5) is 0 Å². The van der Waals surface area contributed by atoms with E-state index < -0.39 is 5.97 Å². The molecule has 0 bridgehead atoms. The Morgan fingerprint density at radius 2 is 1.25 bits per heavy atom. The van der Waals surface area contributed by atoms with E-state index in [1.165, 1.54) is 44.9 Å². The Morgan fingerprint density at radius 1 is 0.875 bits per heavy atom. The van der Waals surface area contributed by atoms with Gasteiger partial charge in [-0.15, -0.1) is 0 Å². The zero-order chi connectivity index (χ0) is 10.6. The number of hydrogen-bond donors (Lipinski definition) is 1. The van der Waals surface area contributed by atoms with Crippen LogP contribution in [-0.4, -0.2) is 5.97 Å². The standard InChI is InChI=1S/C12H24O2.Ag.H3N/c1-2-3-4-5-6-7-8-9-10-11-12(13)14;;/h2-11H2,1H3,(H,13,14);;1H3/q;+1;/p-1. The molecule has 0 rings (SSSR count). The third-order valence-electron chi connectivity index (χ3n) is 2.48. The Kier molecular flexibility index (Phi) is 23.5. The van der Waals surface area contributed by atoms with E-state index >= 15 is 0 Å². The molecule has 4 heteroatoms. The van der Waals surface area contributed by atoms with E-state index in [2.05, 4.69) is 6.92 Å². The number of carbonyl (C=O) groups excluding carboxylic acids is 1. The number of carbonyl (C=O) groups is 1. The first kappa shape index (κ1) is 21.5. The molecule has 0 aromatic carbocycles. The van der Waals surface area contributed by atoms with Gasteiger partial charge >= 0.3 is 22.4 Å². The number of rotatable bonds is 10. The van der Waals surface area contributed by atoms with Gasteiger partial charge in [-0.3, -0.25) is 0 Å². The molecule has 0 aliphatic carbocycles. The molecule has 0 aliphatic rings. The minimum atomic E-state index is -0.909. The van der Waals surface area contributed by atoms with Crippen molar-refractivity contribution in [1.29, 1.82) is 0 Å². The van der Waals surface area contributed by atoms with Crippen LogP contribution in [0.1, 0.15) is 71.1 Å². The maximum absolute atomic E-state index is 10.1. The molecule has 0 amide bonds. The van der Waals surface area contributed by atoms with Crippen molar-refractivity contribution in [2.45, 2.75) is 71.1 Å². The molecule has 3 N–H and O–H groups in total. The first-order valence-electron chi connectivity index (χ1n) is 5.97. The average molecular weight is 324 g/mol. The van der Waals surface area contributed by atoms with Gasteiger partial charge in [0.2, 0.25) is 0 Å². The Labute approximate surface area is 115 Å². The molecule has 16 heavy (non-hydrogen) atoms. The number of carboxylic acid groups (broad SMARTS) is 1. The van der Waals surface area contributed by atoms with Crippen molar-refractivity contribution in [3.8, 4) is 0 Å². The van der Waals surface area contributed by atoms with Crippen molar-refractivity contribution in [1.82, 2.24) is 6.15 Å². The molecule has 3 nitrogen and oxygen atoms in total. The average Bonchev–Trinajstić information content (AvgIpc) is 2.15. The van der Waals surface area contributed by atoms with Gasteiger partial charge in [0.05, 0.1) is 0 Å². The molecule has 0 atom stereocenters. The van der Waals surface area contributed by atoms with Gasteiger partial charge in [0, 0.05) is 5.97 Å². The summed E-state index contributed by atoms with van der Waals surface area (Å²) in [5.41, 5.74) is 0. The Hall–Kier alpha value is 0.170. The second-order valence-electron chi connectivity index (χ2n) is 3.95. The molecule has 102 valence electrons. The SMILES string of the molecule is CCCCCCCCCCCC(=O)[O-].N.[Ag+]. The molecule has 0 unspecified atom stereocenters. The van der Waals surface area contributed by atoms with Crippen LogP contribution < -0.4 is 11.3 Å². The number of aliphatic carboxylic acids is 1. The summed E-state index contributed by atoms with van der Waals surface area (Å²) in [5, 5.41) is 10.1. The van der Waals surface area contributed by atoms with E-state index in [1.807, 2.05) is 0 Å². The first-order valence-corrected chi connectivity index (χ1v) is 5.97. The van der Waals surface area contributed by atoms with E-state index in [0.717, 1.165) is 12.8 Å². The van der Waals surface area contributed by atoms with E-state index in [1.54, 1.807) is 0 Å². The molecule has 0 radical (unpaired) electrons. The fourth-order valence-corrected chi connectivity index (χ4v) is 1.58. The van der Waals surface area contributed by atoms with Crippen molar-refractivity contribution in [3.63, 3.8) is 0 Å². The quantitative estimate of drug-likeness (QED) is 0.496. The summed E-state index contributed by atoms with van der Waals surface area (Å²) >= 11 is 0. The number of unbranched alkanes of at least 4 members (excludes halogenated alkanes) is 8. The second-order valence-corrected chi connectivity index (χ2v) is 3.95. The second kappa shape index (κ2) is 17.6. The zero-order valence-corrected chi connectivity index (χ0v) is 11.9. The van der Waals surface area contributed by atoms with E-state index in [-0.39, 0.29) is 35.0 Å². The molecule has 0 aromatic rings. The van der Waals surface area contributed by atoms with Crippen LogP contribution in [0, 0.1) is 0 Å². The van der Waals surface area contributed by atoms with Gasteiger partial charge in [0.25, 0.3) is 0 Å². The van der Waals surface area contributed by atoms with Crippen molar-refractivity contribution in [3.05, 3.63) is 0 Å². The topological polar surface area (TPSA) is 75.1 Å². The maximum Gasteiger partial charge on any atom is 1.00 e. The third kappa shape index (κ3) is 19.7. The summed E-state index contributed by atoms with van der Waals surface area (Å²) in [5.74, 6) is -0.909. The normalized spacial score (nSPS) is 9.06. The van der Waals surface area contributed by atoms with Crippen LogP contribution in [0.3, 0.4) is 0 Å². The molecule has 0 heterocycles. The predicted octanol–water partition coefficient (Wildman–Crippen LogP) is 2.82. The monoisotopic (exact) mass is 323 g/mol. The summed E-state index contributed by atoms with van der Waals surface area (Å²) in [6.07, 6.45) is 11.2. The first-order chi connectivity index (χ1) is 6.77. The van der Waals surface area contributed by atoms with Gasteiger partial charge < -0.3 is 16.1 Å². The fraction of sp³-hybridized carbons (Fsp3) is 0.917. The molecular weight excluding hydrogens is 298 g/mol. The predicted molar refractivity (Wildman–Crippen MR) is 61.9 cm³/mol. The maximum atomic E-state index is 10.1. The van der Waals surface area contributed by atoms with Crippen LogP contribution in [-0.2, 0) is 27.2 Å². The molecule has 0 spiro atoms. The van der Waals surface area contributed by atoms with Gasteiger partial charge in [0.15, 0.2) is 0 Å². The summed E-state index contributed by atoms with van der Waals surface area (Å²) in [6.45, 7) is 2.22. The minimum absolute atomic E-state index is 0. The van der Waals surface area contributed by atoms with Gasteiger partial charge in [-0.1, -0.05) is 58.3 Å². The van der Waals surface area contributed by atoms with Gasteiger partial charge in [-0.2, -0.15) is 0 Å². The van der Waals surface area contributed by atoms with Crippen LogP contribution in [0.15, 0.2) is 0 Å². The third-order valence-corrected chi connectivity index (χ3v) is 2.48. The Balaban J connectivity index is -0.000000845. The summed E-state index contributed by atoms with van der Waals surface area (Å²) in [7, 11) is 0. The van der Waals surface area contributed by atoms with Crippen molar-refractivity contribution >= 4 is 5.97 Å². The molecule has 0 saturated carbocycles. The van der Waals surface area contributed by atoms with Crippen molar-refractivity contribution in [2.75, 3.05) is 0 Å². The largest absolute Gasteiger partial charge is 1.00 e.